The Bertz CT molecular complexity index is 1170. The molecule has 0 bridgehead atoms. The van der Waals surface area contributed by atoms with Gasteiger partial charge in [-0.3, -0.25) is 0 Å². The first kappa shape index (κ1) is 23.2. The molecule has 2 aliphatic heterocycles. The molecule has 0 aromatic heterocycles. The zero-order valence-electron chi connectivity index (χ0n) is 18.5. The number of para-hydroxylation sites is 2. The van der Waals surface area contributed by atoms with Crippen LogP contribution in [0.15, 0.2) is 42.5 Å². The summed E-state index contributed by atoms with van der Waals surface area (Å²) < 4.78 is 68.5. The molecule has 2 aromatic rings. The Hall–Kier alpha value is -2.92. The summed E-state index contributed by atoms with van der Waals surface area (Å²) in [4.78, 5) is 13.9. The summed E-state index contributed by atoms with van der Waals surface area (Å²) in [6.45, 7) is 5.81. The first-order valence-corrected chi connectivity index (χ1v) is 11.8. The van der Waals surface area contributed by atoms with Crippen LogP contribution in [0.3, 0.4) is 0 Å². The van der Waals surface area contributed by atoms with E-state index in [-0.39, 0.29) is 25.4 Å². The third kappa shape index (κ3) is 4.47. The molecule has 0 aliphatic carbocycles. The van der Waals surface area contributed by atoms with Crippen molar-refractivity contribution in [1.29, 1.82) is 0 Å². The summed E-state index contributed by atoms with van der Waals surface area (Å²) in [6.07, 6.45) is -1.16. The van der Waals surface area contributed by atoms with Gasteiger partial charge in [-0.1, -0.05) is 18.2 Å². The lowest BCUT2D eigenvalue weighted by atomic mass is 10.2. The number of morpholine rings is 1. The average Bonchev–Trinajstić information content (AvgIpc) is 2.96. The largest absolute Gasteiger partial charge is 0.444 e. The maximum atomic E-state index is 14.6. The highest BCUT2D eigenvalue weighted by Gasteiger charge is 2.44. The molecule has 1 fully saturated rings. The number of fused-ring (bicyclic) bond motifs is 1. The van der Waals surface area contributed by atoms with Gasteiger partial charge >= 0.3 is 16.3 Å². The minimum atomic E-state index is -4.30. The number of carbonyl (C=O) groups excluding carboxylic acids is 1. The number of halogens is 2. The Balaban J connectivity index is 1.62. The normalized spacial score (nSPS) is 20.0. The summed E-state index contributed by atoms with van der Waals surface area (Å²) in [6, 6.07) is 9.75. The second-order valence-corrected chi connectivity index (χ2v) is 10.5. The minimum absolute atomic E-state index is 0.119. The number of carbonyl (C=O) groups is 1. The average molecular weight is 482 g/mol. The van der Waals surface area contributed by atoms with E-state index in [4.69, 9.17) is 9.47 Å². The molecule has 2 aliphatic rings. The molecule has 4 rings (SSSR count). The SMILES string of the molecule is CC(C)(C)OC(=O)N1CCOC(CN2c3ccccc3N(c3cccc(F)c3F)S2(=O)=O)C1. The second-order valence-electron chi connectivity index (χ2n) is 8.78. The number of benzene rings is 2. The molecule has 0 N–H and O–H groups in total. The van der Waals surface area contributed by atoms with Gasteiger partial charge in [-0.2, -0.15) is 8.42 Å². The maximum Gasteiger partial charge on any atom is 0.410 e. The zero-order chi connectivity index (χ0) is 24.0. The van der Waals surface area contributed by atoms with Gasteiger partial charge < -0.3 is 14.4 Å². The van der Waals surface area contributed by atoms with Crippen molar-refractivity contribution >= 4 is 33.4 Å². The van der Waals surface area contributed by atoms with Gasteiger partial charge in [-0.05, 0) is 45.0 Å². The van der Waals surface area contributed by atoms with Gasteiger partial charge in [-0.15, -0.1) is 0 Å². The molecule has 8 nitrogen and oxygen atoms in total. The van der Waals surface area contributed by atoms with E-state index in [1.807, 2.05) is 0 Å². The number of anilines is 3. The number of rotatable bonds is 3. The van der Waals surface area contributed by atoms with Crippen molar-refractivity contribution in [1.82, 2.24) is 4.90 Å². The lowest BCUT2D eigenvalue weighted by molar-refractivity contribution is -0.0380. The van der Waals surface area contributed by atoms with Crippen molar-refractivity contribution in [3.8, 4) is 0 Å². The third-order valence-corrected chi connectivity index (χ3v) is 6.95. The highest BCUT2D eigenvalue weighted by atomic mass is 32.2. The molecule has 178 valence electrons. The molecule has 0 radical (unpaired) electrons. The van der Waals surface area contributed by atoms with Crippen LogP contribution in [0, 0.1) is 11.6 Å². The Labute approximate surface area is 191 Å². The van der Waals surface area contributed by atoms with Crippen LogP contribution >= 0.6 is 0 Å². The lowest BCUT2D eigenvalue weighted by Gasteiger charge is -2.35. The van der Waals surface area contributed by atoms with Crippen LogP contribution in [-0.4, -0.2) is 57.4 Å². The number of hydrogen-bond donors (Lipinski definition) is 0. The molecule has 33 heavy (non-hydrogen) atoms. The van der Waals surface area contributed by atoms with Crippen molar-refractivity contribution in [3.63, 3.8) is 0 Å². The number of hydrogen-bond acceptors (Lipinski definition) is 5. The van der Waals surface area contributed by atoms with E-state index in [1.165, 1.54) is 23.1 Å². The van der Waals surface area contributed by atoms with E-state index in [0.717, 1.165) is 14.7 Å². The van der Waals surface area contributed by atoms with E-state index >= 15 is 0 Å². The van der Waals surface area contributed by atoms with Crippen LogP contribution in [0.4, 0.5) is 30.6 Å². The van der Waals surface area contributed by atoms with E-state index in [9.17, 15) is 22.0 Å². The summed E-state index contributed by atoms with van der Waals surface area (Å²) in [5, 5.41) is 0. The van der Waals surface area contributed by atoms with Gasteiger partial charge in [0.25, 0.3) is 0 Å². The summed E-state index contributed by atoms with van der Waals surface area (Å²) in [5.41, 5.74) is -0.580. The van der Waals surface area contributed by atoms with E-state index in [2.05, 4.69) is 0 Å². The quantitative estimate of drug-likeness (QED) is 0.666. The number of nitrogens with zero attached hydrogens (tertiary/aromatic N) is 3. The van der Waals surface area contributed by atoms with Crippen molar-refractivity contribution < 1.29 is 31.5 Å². The zero-order valence-corrected chi connectivity index (χ0v) is 19.3. The smallest absolute Gasteiger partial charge is 0.410 e. The Morgan fingerprint density at radius 3 is 2.45 bits per heavy atom. The molecule has 0 saturated carbocycles. The highest BCUT2D eigenvalue weighted by Crippen LogP contribution is 2.46. The molecule has 2 heterocycles. The first-order valence-electron chi connectivity index (χ1n) is 10.4. The van der Waals surface area contributed by atoms with Crippen molar-refractivity contribution in [2.45, 2.75) is 32.5 Å². The molecule has 1 atom stereocenters. The van der Waals surface area contributed by atoms with Gasteiger partial charge in [0.2, 0.25) is 0 Å². The van der Waals surface area contributed by atoms with Crippen LogP contribution in [0.2, 0.25) is 0 Å². The maximum absolute atomic E-state index is 14.6. The molecule has 1 unspecified atom stereocenters. The Kier molecular flexibility index (Phi) is 5.95. The Morgan fingerprint density at radius 2 is 1.76 bits per heavy atom. The number of ether oxygens (including phenoxy) is 2. The predicted octanol–water partition coefficient (Wildman–Crippen LogP) is 3.80. The van der Waals surface area contributed by atoms with Crippen LogP contribution in [0.1, 0.15) is 20.8 Å². The monoisotopic (exact) mass is 481 g/mol. The molecule has 0 spiro atoms. The van der Waals surface area contributed by atoms with E-state index < -0.39 is 45.3 Å². The molecular formula is C22H25F2N3O5S. The topological polar surface area (TPSA) is 79.4 Å². The first-order chi connectivity index (χ1) is 15.5. The fourth-order valence-corrected chi connectivity index (χ4v) is 5.54. The second kappa shape index (κ2) is 8.45. The van der Waals surface area contributed by atoms with E-state index in [1.54, 1.807) is 39.0 Å². The summed E-state index contributed by atoms with van der Waals surface area (Å²) in [7, 11) is -4.30. The van der Waals surface area contributed by atoms with Gasteiger partial charge in [0.15, 0.2) is 11.6 Å². The number of amides is 1. The van der Waals surface area contributed by atoms with Crippen molar-refractivity contribution in [2.24, 2.45) is 0 Å². The van der Waals surface area contributed by atoms with E-state index in [0.29, 0.717) is 12.2 Å². The minimum Gasteiger partial charge on any atom is -0.444 e. The lowest BCUT2D eigenvalue weighted by Crippen LogP contribution is -2.51. The predicted molar refractivity (Wildman–Crippen MR) is 119 cm³/mol. The molecule has 2 aromatic carbocycles. The highest BCUT2D eigenvalue weighted by molar-refractivity contribution is 7.95. The van der Waals surface area contributed by atoms with Crippen LogP contribution in [0.25, 0.3) is 0 Å². The molecular weight excluding hydrogens is 456 g/mol. The van der Waals surface area contributed by atoms with Crippen LogP contribution < -0.4 is 8.61 Å². The fourth-order valence-electron chi connectivity index (χ4n) is 3.80. The standard InChI is InChI=1S/C22H25F2N3O5S/c1-22(2,3)32-21(28)25-11-12-31-15(13-25)14-26-17-8-4-5-9-18(17)27(33(26,29)30)19-10-6-7-16(23)20(19)24/h4-10,15H,11-14H2,1-3H3. The van der Waals surface area contributed by atoms with Gasteiger partial charge in [-0.25, -0.2) is 22.2 Å². The molecule has 1 amide bonds. The van der Waals surface area contributed by atoms with Gasteiger partial charge in [0.05, 0.1) is 42.9 Å². The van der Waals surface area contributed by atoms with Crippen molar-refractivity contribution in [3.05, 3.63) is 54.1 Å². The van der Waals surface area contributed by atoms with Gasteiger partial charge in [0.1, 0.15) is 5.60 Å². The van der Waals surface area contributed by atoms with Crippen molar-refractivity contribution in [2.75, 3.05) is 34.9 Å². The third-order valence-electron chi connectivity index (χ3n) is 5.19. The summed E-state index contributed by atoms with van der Waals surface area (Å²) >= 11 is 0. The van der Waals surface area contributed by atoms with Crippen LogP contribution in [-0.2, 0) is 19.7 Å². The molecule has 11 heteroatoms. The van der Waals surface area contributed by atoms with Gasteiger partial charge in [0, 0.05) is 6.54 Å². The summed E-state index contributed by atoms with van der Waals surface area (Å²) in [5.74, 6) is -2.41. The fraction of sp³-hybridized carbons (Fsp3) is 0.409. The van der Waals surface area contributed by atoms with Crippen LogP contribution in [0.5, 0.6) is 0 Å². The molecule has 1 saturated heterocycles. The Morgan fingerprint density at radius 1 is 1.09 bits per heavy atom.